The second-order valence-corrected chi connectivity index (χ2v) is 2.34. The smallest absolute Gasteiger partial charge is 0.325 e. The van der Waals surface area contributed by atoms with Gasteiger partial charge >= 0.3 is 5.97 Å². The third kappa shape index (κ3) is 1.46. The fraction of sp³-hybridized carbons (Fsp3) is 0.833. The lowest BCUT2D eigenvalue weighted by molar-refractivity contribution is -0.152. The minimum atomic E-state index is -0.673. The molecule has 0 spiro atoms. The quantitative estimate of drug-likeness (QED) is 0.459. The molecule has 0 aliphatic carbocycles. The third-order valence-electron chi connectivity index (χ3n) is 1.45. The number of aliphatic hydroxyl groups is 1. The van der Waals surface area contributed by atoms with Crippen molar-refractivity contribution in [3.05, 3.63) is 0 Å². The van der Waals surface area contributed by atoms with Gasteiger partial charge in [0.1, 0.15) is 12.6 Å². The van der Waals surface area contributed by atoms with Gasteiger partial charge in [0.25, 0.3) is 0 Å². The Morgan fingerprint density at radius 2 is 2.60 bits per heavy atom. The van der Waals surface area contributed by atoms with Gasteiger partial charge in [0.15, 0.2) is 0 Å². The van der Waals surface area contributed by atoms with Gasteiger partial charge in [-0.2, -0.15) is 0 Å². The molecule has 0 aromatic carbocycles. The van der Waals surface area contributed by atoms with E-state index in [1.165, 1.54) is 0 Å². The van der Waals surface area contributed by atoms with Crippen molar-refractivity contribution in [1.82, 2.24) is 5.32 Å². The van der Waals surface area contributed by atoms with Gasteiger partial charge in [-0.15, -0.1) is 0 Å². The van der Waals surface area contributed by atoms with Crippen molar-refractivity contribution in [3.8, 4) is 0 Å². The maximum absolute atomic E-state index is 10.8. The van der Waals surface area contributed by atoms with Crippen LogP contribution in [0.25, 0.3) is 0 Å². The molecule has 4 heteroatoms. The van der Waals surface area contributed by atoms with Crippen LogP contribution in [-0.4, -0.2) is 36.4 Å². The number of rotatable bonds is 1. The largest absolute Gasteiger partial charge is 0.463 e. The third-order valence-corrected chi connectivity index (χ3v) is 1.45. The van der Waals surface area contributed by atoms with Gasteiger partial charge in [-0.3, -0.25) is 10.1 Å². The number of carbonyl (C=O) groups is 1. The van der Waals surface area contributed by atoms with E-state index in [-0.39, 0.29) is 5.97 Å². The number of nitrogens with one attached hydrogen (secondary N) is 1. The summed E-state index contributed by atoms with van der Waals surface area (Å²) >= 11 is 0. The fourth-order valence-electron chi connectivity index (χ4n) is 0.907. The summed E-state index contributed by atoms with van der Waals surface area (Å²) in [4.78, 5) is 10.8. The lowest BCUT2D eigenvalue weighted by Gasteiger charge is -2.24. The molecule has 0 amide bonds. The lowest BCUT2D eigenvalue weighted by atomic mass is 10.2. The molecule has 0 aromatic rings. The monoisotopic (exact) mass is 145 g/mol. The van der Waals surface area contributed by atoms with Crippen molar-refractivity contribution in [2.75, 3.05) is 13.2 Å². The summed E-state index contributed by atoms with van der Waals surface area (Å²) in [6.45, 7) is 2.59. The first-order chi connectivity index (χ1) is 4.72. The second kappa shape index (κ2) is 2.98. The van der Waals surface area contributed by atoms with E-state index in [4.69, 9.17) is 9.84 Å². The molecule has 2 unspecified atom stereocenters. The summed E-state index contributed by atoms with van der Waals surface area (Å²) in [6, 6.07) is -0.534. The Morgan fingerprint density at radius 3 is 3.00 bits per heavy atom. The van der Waals surface area contributed by atoms with Gasteiger partial charge in [0.05, 0.1) is 6.10 Å². The Bertz CT molecular complexity index is 135. The molecule has 1 heterocycles. The average molecular weight is 145 g/mol. The summed E-state index contributed by atoms with van der Waals surface area (Å²) in [5.41, 5.74) is 0. The van der Waals surface area contributed by atoms with E-state index in [9.17, 15) is 4.79 Å². The van der Waals surface area contributed by atoms with Gasteiger partial charge in [0.2, 0.25) is 0 Å². The van der Waals surface area contributed by atoms with Crippen LogP contribution in [0, 0.1) is 0 Å². The van der Waals surface area contributed by atoms with Crippen LogP contribution in [0.5, 0.6) is 0 Å². The van der Waals surface area contributed by atoms with Crippen LogP contribution in [0.3, 0.4) is 0 Å². The first kappa shape index (κ1) is 7.50. The van der Waals surface area contributed by atoms with Crippen molar-refractivity contribution in [3.63, 3.8) is 0 Å². The van der Waals surface area contributed by atoms with Gasteiger partial charge in [-0.05, 0) is 6.92 Å². The number of aliphatic hydroxyl groups excluding tert-OH is 1. The van der Waals surface area contributed by atoms with E-state index >= 15 is 0 Å². The van der Waals surface area contributed by atoms with Crippen molar-refractivity contribution in [1.29, 1.82) is 0 Å². The molecule has 2 atom stereocenters. The van der Waals surface area contributed by atoms with E-state index in [0.29, 0.717) is 13.2 Å². The summed E-state index contributed by atoms with van der Waals surface area (Å²) in [6.07, 6.45) is -0.673. The molecule has 0 saturated carbocycles. The zero-order chi connectivity index (χ0) is 7.56. The van der Waals surface area contributed by atoms with Crippen molar-refractivity contribution < 1.29 is 14.6 Å². The Labute approximate surface area is 59.2 Å². The van der Waals surface area contributed by atoms with Gasteiger partial charge in [-0.1, -0.05) is 0 Å². The van der Waals surface area contributed by atoms with E-state index in [1.807, 2.05) is 0 Å². The Morgan fingerprint density at radius 1 is 1.90 bits per heavy atom. The molecule has 1 saturated heterocycles. The zero-order valence-electron chi connectivity index (χ0n) is 5.83. The molecule has 0 bridgehead atoms. The molecule has 1 fully saturated rings. The number of hydrogen-bond acceptors (Lipinski definition) is 4. The molecular weight excluding hydrogens is 134 g/mol. The SMILES string of the molecule is CC(O)C1NCCOC1=O. The highest BCUT2D eigenvalue weighted by atomic mass is 16.5. The highest BCUT2D eigenvalue weighted by molar-refractivity contribution is 5.77. The summed E-state index contributed by atoms with van der Waals surface area (Å²) in [5.74, 6) is -0.360. The molecule has 2 N–H and O–H groups in total. The predicted molar refractivity (Wildman–Crippen MR) is 34.4 cm³/mol. The number of cyclic esters (lactones) is 1. The standard InChI is InChI=1S/C6H11NO3/c1-4(8)5-6(9)10-3-2-7-5/h4-5,7-8H,2-3H2,1H3. The van der Waals surface area contributed by atoms with Crippen LogP contribution in [0.2, 0.25) is 0 Å². The van der Waals surface area contributed by atoms with Crippen LogP contribution < -0.4 is 5.32 Å². The Hall–Kier alpha value is -0.610. The van der Waals surface area contributed by atoms with Crippen LogP contribution in [0.4, 0.5) is 0 Å². The zero-order valence-corrected chi connectivity index (χ0v) is 5.83. The molecule has 0 radical (unpaired) electrons. The molecule has 10 heavy (non-hydrogen) atoms. The van der Waals surface area contributed by atoms with Crippen molar-refractivity contribution in [2.45, 2.75) is 19.1 Å². The number of morpholine rings is 1. The molecule has 0 aromatic heterocycles. The minimum Gasteiger partial charge on any atom is -0.463 e. The highest BCUT2D eigenvalue weighted by Crippen LogP contribution is 1.99. The molecule has 58 valence electrons. The number of ether oxygens (including phenoxy) is 1. The first-order valence-corrected chi connectivity index (χ1v) is 3.30. The summed E-state index contributed by atoms with van der Waals surface area (Å²) < 4.78 is 4.69. The first-order valence-electron chi connectivity index (χ1n) is 3.30. The second-order valence-electron chi connectivity index (χ2n) is 2.34. The van der Waals surface area contributed by atoms with Crippen molar-refractivity contribution >= 4 is 5.97 Å². The molecule has 1 rings (SSSR count). The fourth-order valence-corrected chi connectivity index (χ4v) is 0.907. The number of carbonyl (C=O) groups excluding carboxylic acids is 1. The molecule has 1 aliphatic rings. The summed E-state index contributed by atoms with van der Waals surface area (Å²) in [5, 5.41) is 11.8. The normalized spacial score (nSPS) is 29.4. The molecule has 4 nitrogen and oxygen atoms in total. The van der Waals surface area contributed by atoms with E-state index in [0.717, 1.165) is 0 Å². The maximum atomic E-state index is 10.8. The predicted octanol–water partition coefficient (Wildman–Crippen LogP) is -1.12. The average Bonchev–Trinajstić information content (AvgIpc) is 1.88. The lowest BCUT2D eigenvalue weighted by Crippen LogP contribution is -2.51. The van der Waals surface area contributed by atoms with E-state index in [1.54, 1.807) is 6.92 Å². The maximum Gasteiger partial charge on any atom is 0.325 e. The highest BCUT2D eigenvalue weighted by Gasteiger charge is 2.27. The van der Waals surface area contributed by atoms with Crippen LogP contribution in [0.15, 0.2) is 0 Å². The van der Waals surface area contributed by atoms with Gasteiger partial charge < -0.3 is 9.84 Å². The number of hydrogen-bond donors (Lipinski definition) is 2. The number of esters is 1. The van der Waals surface area contributed by atoms with E-state index in [2.05, 4.69) is 5.32 Å². The summed E-state index contributed by atoms with van der Waals surface area (Å²) in [7, 11) is 0. The van der Waals surface area contributed by atoms with Crippen LogP contribution in [0.1, 0.15) is 6.92 Å². The van der Waals surface area contributed by atoms with E-state index < -0.39 is 12.1 Å². The molecule has 1 aliphatic heterocycles. The molecular formula is C6H11NO3. The van der Waals surface area contributed by atoms with Crippen molar-refractivity contribution in [2.24, 2.45) is 0 Å². The minimum absolute atomic E-state index is 0.360. The Kier molecular flexibility index (Phi) is 2.24. The van der Waals surface area contributed by atoms with Crippen LogP contribution >= 0.6 is 0 Å². The Balaban J connectivity index is 2.48. The van der Waals surface area contributed by atoms with Gasteiger partial charge in [0, 0.05) is 6.54 Å². The van der Waals surface area contributed by atoms with Gasteiger partial charge in [-0.25, -0.2) is 0 Å². The topological polar surface area (TPSA) is 58.6 Å². The van der Waals surface area contributed by atoms with Crippen LogP contribution in [-0.2, 0) is 9.53 Å².